The van der Waals surface area contributed by atoms with E-state index in [4.69, 9.17) is 4.74 Å². The van der Waals surface area contributed by atoms with Crippen LogP contribution in [0.3, 0.4) is 0 Å². The molecule has 2 aliphatic carbocycles. The zero-order valence-corrected chi connectivity index (χ0v) is 21.7. The van der Waals surface area contributed by atoms with Crippen LogP contribution < -0.4 is 9.64 Å². The van der Waals surface area contributed by atoms with E-state index in [2.05, 4.69) is 14.9 Å². The van der Waals surface area contributed by atoms with Gasteiger partial charge >= 0.3 is 0 Å². The van der Waals surface area contributed by atoms with Crippen molar-refractivity contribution >= 4 is 11.9 Å². The summed E-state index contributed by atoms with van der Waals surface area (Å²) in [6.45, 7) is 4.67. The van der Waals surface area contributed by atoms with Crippen LogP contribution in [0, 0.1) is 30.5 Å². The van der Waals surface area contributed by atoms with E-state index < -0.39 is 0 Å². The molecule has 5 rings (SSSR count). The second kappa shape index (κ2) is 11.1. The molecule has 2 atom stereocenters. The minimum Gasteiger partial charge on any atom is -0.493 e. The van der Waals surface area contributed by atoms with E-state index in [9.17, 15) is 9.18 Å². The highest BCUT2D eigenvalue weighted by atomic mass is 19.1. The third-order valence-electron chi connectivity index (χ3n) is 8.56. The van der Waals surface area contributed by atoms with Crippen LogP contribution in [0.15, 0.2) is 30.6 Å². The third-order valence-corrected chi connectivity index (χ3v) is 8.56. The number of aryl methyl sites for hydroxylation is 1. The molecule has 36 heavy (non-hydrogen) atoms. The smallest absolute Gasteiger partial charge is 0.227 e. The van der Waals surface area contributed by atoms with Gasteiger partial charge in [-0.2, -0.15) is 0 Å². The highest BCUT2D eigenvalue weighted by molar-refractivity contribution is 5.79. The number of anilines is 1. The number of likely N-dealkylation sites (N-methyl/N-ethyl adjacent to an activating group) is 1. The van der Waals surface area contributed by atoms with E-state index in [1.165, 1.54) is 38.2 Å². The van der Waals surface area contributed by atoms with Crippen molar-refractivity contribution in [2.75, 3.05) is 31.6 Å². The van der Waals surface area contributed by atoms with E-state index >= 15 is 0 Å². The average molecular weight is 495 g/mol. The van der Waals surface area contributed by atoms with Crippen molar-refractivity contribution < 1.29 is 13.9 Å². The Morgan fingerprint density at radius 1 is 1.14 bits per heavy atom. The number of amides is 1. The van der Waals surface area contributed by atoms with Gasteiger partial charge in [-0.15, -0.1) is 0 Å². The van der Waals surface area contributed by atoms with Crippen LogP contribution in [-0.4, -0.2) is 53.6 Å². The molecule has 6 nitrogen and oxygen atoms in total. The first-order valence-corrected chi connectivity index (χ1v) is 13.7. The lowest BCUT2D eigenvalue weighted by molar-refractivity contribution is -0.131. The summed E-state index contributed by atoms with van der Waals surface area (Å²) in [6.07, 6.45) is 13.0. The Hall–Kier alpha value is -2.70. The number of nitrogens with zero attached hydrogens (tertiary/aromatic N) is 4. The zero-order chi connectivity index (χ0) is 25.1. The van der Waals surface area contributed by atoms with Crippen molar-refractivity contribution in [1.82, 2.24) is 14.9 Å². The summed E-state index contributed by atoms with van der Waals surface area (Å²) >= 11 is 0. The largest absolute Gasteiger partial charge is 0.493 e. The first-order valence-electron chi connectivity index (χ1n) is 13.7. The number of carbonyl (C=O) groups is 1. The number of hydrogen-bond acceptors (Lipinski definition) is 5. The van der Waals surface area contributed by atoms with E-state index in [0.29, 0.717) is 29.9 Å². The third kappa shape index (κ3) is 5.98. The average Bonchev–Trinajstić information content (AvgIpc) is 3.44. The highest BCUT2D eigenvalue weighted by Crippen LogP contribution is 2.49. The normalized spacial score (nSPS) is 22.6. The monoisotopic (exact) mass is 494 g/mol. The van der Waals surface area contributed by atoms with Gasteiger partial charge < -0.3 is 14.5 Å². The van der Waals surface area contributed by atoms with Crippen molar-refractivity contribution in [2.45, 2.75) is 70.8 Å². The van der Waals surface area contributed by atoms with Crippen molar-refractivity contribution in [2.24, 2.45) is 17.8 Å². The second-order valence-corrected chi connectivity index (χ2v) is 11.1. The molecule has 2 saturated carbocycles. The maximum atomic E-state index is 14.7. The minimum absolute atomic E-state index is 0.00790. The quantitative estimate of drug-likeness (QED) is 0.480. The highest BCUT2D eigenvalue weighted by Gasteiger charge is 2.43. The van der Waals surface area contributed by atoms with Crippen molar-refractivity contribution in [3.63, 3.8) is 0 Å². The Kier molecular flexibility index (Phi) is 7.73. The number of rotatable bonds is 9. The summed E-state index contributed by atoms with van der Waals surface area (Å²) < 4.78 is 20.6. The molecule has 1 amide bonds. The van der Waals surface area contributed by atoms with Gasteiger partial charge in [-0.1, -0.05) is 18.9 Å². The lowest BCUT2D eigenvalue weighted by atomic mass is 9.90. The summed E-state index contributed by atoms with van der Waals surface area (Å²) in [5, 5.41) is 0. The minimum atomic E-state index is -0.353. The van der Waals surface area contributed by atoms with Gasteiger partial charge in [0.2, 0.25) is 11.9 Å². The van der Waals surface area contributed by atoms with Gasteiger partial charge in [0.25, 0.3) is 0 Å². The summed E-state index contributed by atoms with van der Waals surface area (Å²) in [7, 11) is 1.85. The van der Waals surface area contributed by atoms with Crippen LogP contribution in [0.1, 0.15) is 62.5 Å². The maximum Gasteiger partial charge on any atom is 0.227 e. The van der Waals surface area contributed by atoms with Gasteiger partial charge in [0.05, 0.1) is 13.0 Å². The predicted molar refractivity (Wildman–Crippen MR) is 139 cm³/mol. The predicted octanol–water partition coefficient (Wildman–Crippen LogP) is 5.19. The van der Waals surface area contributed by atoms with Crippen LogP contribution in [0.4, 0.5) is 10.3 Å². The van der Waals surface area contributed by atoms with Crippen LogP contribution in [0.25, 0.3) is 0 Å². The van der Waals surface area contributed by atoms with Gasteiger partial charge in [-0.25, -0.2) is 14.4 Å². The number of piperidine rings is 1. The summed E-state index contributed by atoms with van der Waals surface area (Å²) in [5.41, 5.74) is 1.54. The molecule has 0 radical (unpaired) electrons. The van der Waals surface area contributed by atoms with Gasteiger partial charge in [-0.3, -0.25) is 4.79 Å². The molecule has 3 aliphatic rings. The van der Waals surface area contributed by atoms with E-state index in [0.717, 1.165) is 55.7 Å². The number of hydrogen-bond donors (Lipinski definition) is 0. The van der Waals surface area contributed by atoms with Crippen molar-refractivity contribution in [3.05, 3.63) is 47.5 Å². The SMILES string of the molecule is Cc1cnc(N2CCC([C@H]3C[C@H]3CCOc3ccc(CC(=O)N(C)C4CCCC4)c(F)c3)CC2)nc1. The molecule has 1 aromatic carbocycles. The number of ether oxygens (including phenoxy) is 1. The molecule has 0 N–H and O–H groups in total. The Morgan fingerprint density at radius 2 is 1.86 bits per heavy atom. The fourth-order valence-corrected chi connectivity index (χ4v) is 6.13. The fourth-order valence-electron chi connectivity index (χ4n) is 6.13. The van der Waals surface area contributed by atoms with E-state index in [-0.39, 0.29) is 18.1 Å². The molecule has 0 bridgehead atoms. The number of halogens is 1. The first-order chi connectivity index (χ1) is 17.5. The number of benzene rings is 1. The van der Waals surface area contributed by atoms with Crippen LogP contribution >= 0.6 is 0 Å². The van der Waals surface area contributed by atoms with Gasteiger partial charge in [0.1, 0.15) is 11.6 Å². The lowest BCUT2D eigenvalue weighted by Gasteiger charge is -2.32. The zero-order valence-electron chi connectivity index (χ0n) is 21.7. The Balaban J connectivity index is 1.02. The molecule has 1 saturated heterocycles. The van der Waals surface area contributed by atoms with Crippen LogP contribution in [0.5, 0.6) is 5.75 Å². The van der Waals surface area contributed by atoms with Gasteiger partial charge in [-0.05, 0) is 80.4 Å². The summed E-state index contributed by atoms with van der Waals surface area (Å²) in [6, 6.07) is 5.25. The van der Waals surface area contributed by atoms with Crippen LogP contribution in [0.2, 0.25) is 0 Å². The standard InChI is InChI=1S/C29H39FN4O2/c1-20-18-31-29(32-19-20)34-12-9-21(10-13-34)26-15-22(26)11-14-36-25-8-7-23(27(30)17-25)16-28(35)33(2)24-5-3-4-6-24/h7-8,17-19,21-22,24,26H,3-6,9-16H2,1-2H3/t22-,26-/m1/s1. The molecular formula is C29H39FN4O2. The summed E-state index contributed by atoms with van der Waals surface area (Å²) in [5.74, 6) is 3.32. The number of aromatic nitrogens is 2. The fraction of sp³-hybridized carbons (Fsp3) is 0.621. The Morgan fingerprint density at radius 3 is 2.56 bits per heavy atom. The lowest BCUT2D eigenvalue weighted by Crippen LogP contribution is -2.36. The Bertz CT molecular complexity index is 1030. The molecular weight excluding hydrogens is 455 g/mol. The number of carbonyl (C=O) groups excluding carboxylic acids is 1. The van der Waals surface area contributed by atoms with Crippen molar-refractivity contribution in [3.8, 4) is 5.75 Å². The maximum absolute atomic E-state index is 14.7. The van der Waals surface area contributed by atoms with Crippen molar-refractivity contribution in [1.29, 1.82) is 0 Å². The summed E-state index contributed by atoms with van der Waals surface area (Å²) in [4.78, 5) is 25.6. The Labute approximate surface area is 214 Å². The molecule has 2 aromatic rings. The molecule has 7 heteroatoms. The molecule has 194 valence electrons. The van der Waals surface area contributed by atoms with E-state index in [1.54, 1.807) is 12.1 Å². The van der Waals surface area contributed by atoms with Crippen LogP contribution in [-0.2, 0) is 11.2 Å². The molecule has 1 aliphatic heterocycles. The molecule has 0 spiro atoms. The molecule has 2 heterocycles. The van der Waals surface area contributed by atoms with Gasteiger partial charge in [0, 0.05) is 44.6 Å². The molecule has 3 fully saturated rings. The molecule has 0 unspecified atom stereocenters. The topological polar surface area (TPSA) is 58.6 Å². The van der Waals surface area contributed by atoms with E-state index in [1.807, 2.05) is 31.3 Å². The first kappa shape index (κ1) is 25.0. The second-order valence-electron chi connectivity index (χ2n) is 11.1. The van der Waals surface area contributed by atoms with Gasteiger partial charge in [0.15, 0.2) is 0 Å². The molecule has 1 aromatic heterocycles.